The topological polar surface area (TPSA) is 76.2 Å². The molecule has 0 saturated carbocycles. The minimum Gasteiger partial charge on any atom is -0.481 e. The lowest BCUT2D eigenvalue weighted by Gasteiger charge is -2.03. The predicted octanol–water partition coefficient (Wildman–Crippen LogP) is 2.84. The Balaban J connectivity index is 2.14. The third-order valence-corrected chi connectivity index (χ3v) is 2.94. The van der Waals surface area contributed by atoms with Crippen molar-refractivity contribution in [2.45, 2.75) is 26.7 Å². The molecule has 0 amide bonds. The van der Waals surface area contributed by atoms with Crippen LogP contribution in [0.3, 0.4) is 0 Å². The van der Waals surface area contributed by atoms with Gasteiger partial charge in [0.15, 0.2) is 0 Å². The molecule has 0 saturated heterocycles. The molecule has 1 atom stereocenters. The summed E-state index contributed by atoms with van der Waals surface area (Å²) in [5, 5.41) is 12.6. The number of benzene rings is 1. The maximum atomic E-state index is 13.0. The molecule has 0 radical (unpaired) electrons. The second-order valence-corrected chi connectivity index (χ2v) is 4.88. The molecule has 2 rings (SSSR count). The van der Waals surface area contributed by atoms with Crippen molar-refractivity contribution in [3.8, 4) is 11.4 Å². The van der Waals surface area contributed by atoms with Gasteiger partial charge < -0.3 is 9.63 Å². The highest BCUT2D eigenvalue weighted by Gasteiger charge is 2.15. The molecule has 5 nitrogen and oxygen atoms in total. The van der Waals surface area contributed by atoms with Crippen LogP contribution >= 0.6 is 0 Å². The average molecular weight is 278 g/mol. The van der Waals surface area contributed by atoms with E-state index in [0.717, 1.165) is 5.56 Å². The summed E-state index contributed by atoms with van der Waals surface area (Å²) in [6.45, 7) is 3.57. The molecule has 0 aliphatic rings. The summed E-state index contributed by atoms with van der Waals surface area (Å²) in [6.07, 6.45) is 0.451. The van der Waals surface area contributed by atoms with E-state index in [1.807, 2.05) is 0 Å². The third-order valence-electron chi connectivity index (χ3n) is 2.94. The van der Waals surface area contributed by atoms with Crippen LogP contribution in [0.2, 0.25) is 0 Å². The maximum absolute atomic E-state index is 13.0. The monoisotopic (exact) mass is 278 g/mol. The maximum Gasteiger partial charge on any atom is 0.303 e. The van der Waals surface area contributed by atoms with Gasteiger partial charge in [0.1, 0.15) is 5.82 Å². The number of rotatable bonds is 5. The Morgan fingerprint density at radius 3 is 2.90 bits per heavy atom. The molecular formula is C14H15FN2O3. The molecule has 6 heteroatoms. The quantitative estimate of drug-likeness (QED) is 0.910. The number of aromatic nitrogens is 2. The van der Waals surface area contributed by atoms with Crippen LogP contribution in [0.1, 0.15) is 24.8 Å². The number of nitrogens with zero attached hydrogens (tertiary/aromatic N) is 2. The van der Waals surface area contributed by atoms with Crippen LogP contribution in [0.4, 0.5) is 4.39 Å². The van der Waals surface area contributed by atoms with Crippen molar-refractivity contribution in [3.63, 3.8) is 0 Å². The first kappa shape index (κ1) is 14.2. The number of hydrogen-bond acceptors (Lipinski definition) is 4. The fraction of sp³-hybridized carbons (Fsp3) is 0.357. The van der Waals surface area contributed by atoms with E-state index in [1.54, 1.807) is 19.9 Å². The summed E-state index contributed by atoms with van der Waals surface area (Å²) >= 11 is 0. The smallest absolute Gasteiger partial charge is 0.303 e. The first-order chi connectivity index (χ1) is 9.45. The summed E-state index contributed by atoms with van der Waals surface area (Å²) in [5.41, 5.74) is 1.42. The van der Waals surface area contributed by atoms with Crippen LogP contribution in [0.15, 0.2) is 22.7 Å². The highest BCUT2D eigenvalue weighted by atomic mass is 19.1. The zero-order valence-electron chi connectivity index (χ0n) is 11.3. The number of aryl methyl sites for hydroxylation is 1. The van der Waals surface area contributed by atoms with Crippen molar-refractivity contribution < 1.29 is 18.8 Å². The molecule has 1 heterocycles. The van der Waals surface area contributed by atoms with Gasteiger partial charge in [-0.15, -0.1) is 0 Å². The standard InChI is InChI=1S/C14H15FN2O3/c1-8(6-13(18)19)5-12-16-14(17-20-12)11-4-3-10(15)7-9(11)2/h3-4,7-8H,5-6H2,1-2H3,(H,18,19). The summed E-state index contributed by atoms with van der Waals surface area (Å²) in [5.74, 6) is -0.482. The van der Waals surface area contributed by atoms with E-state index in [1.165, 1.54) is 12.1 Å². The lowest BCUT2D eigenvalue weighted by molar-refractivity contribution is -0.137. The molecule has 0 aliphatic heterocycles. The number of carbonyl (C=O) groups is 1. The summed E-state index contributed by atoms with van der Waals surface area (Å²) in [4.78, 5) is 14.8. The van der Waals surface area contributed by atoms with Gasteiger partial charge in [-0.1, -0.05) is 12.1 Å². The second-order valence-electron chi connectivity index (χ2n) is 4.88. The Hall–Kier alpha value is -2.24. The Morgan fingerprint density at radius 1 is 1.50 bits per heavy atom. The lowest BCUT2D eigenvalue weighted by atomic mass is 10.0. The normalized spacial score (nSPS) is 12.3. The van der Waals surface area contributed by atoms with Crippen LogP contribution in [0, 0.1) is 18.7 Å². The molecule has 2 aromatic rings. The van der Waals surface area contributed by atoms with E-state index in [-0.39, 0.29) is 18.2 Å². The van der Waals surface area contributed by atoms with Gasteiger partial charge in [-0.05, 0) is 36.6 Å². The van der Waals surface area contributed by atoms with Gasteiger partial charge in [-0.25, -0.2) is 4.39 Å². The molecular weight excluding hydrogens is 263 g/mol. The lowest BCUT2D eigenvalue weighted by Crippen LogP contribution is -2.07. The van der Waals surface area contributed by atoms with Gasteiger partial charge >= 0.3 is 5.97 Å². The van der Waals surface area contributed by atoms with Gasteiger partial charge in [0.25, 0.3) is 0 Å². The minimum atomic E-state index is -0.855. The highest BCUT2D eigenvalue weighted by molar-refractivity contribution is 5.67. The average Bonchev–Trinajstić information content (AvgIpc) is 2.75. The van der Waals surface area contributed by atoms with Crippen molar-refractivity contribution in [1.82, 2.24) is 10.1 Å². The molecule has 1 N–H and O–H groups in total. The van der Waals surface area contributed by atoms with Crippen molar-refractivity contribution in [3.05, 3.63) is 35.5 Å². The number of aliphatic carboxylic acids is 1. The second kappa shape index (κ2) is 5.81. The molecule has 1 aromatic heterocycles. The van der Waals surface area contributed by atoms with Gasteiger partial charge in [0, 0.05) is 18.4 Å². The first-order valence-corrected chi connectivity index (χ1v) is 6.26. The number of carboxylic acids is 1. The molecule has 0 bridgehead atoms. The molecule has 106 valence electrons. The van der Waals surface area contributed by atoms with Crippen molar-refractivity contribution in [1.29, 1.82) is 0 Å². The Bertz CT molecular complexity index is 625. The largest absolute Gasteiger partial charge is 0.481 e. The van der Waals surface area contributed by atoms with Crippen LogP contribution in [0.25, 0.3) is 11.4 Å². The van der Waals surface area contributed by atoms with Crippen LogP contribution in [0.5, 0.6) is 0 Å². The van der Waals surface area contributed by atoms with Crippen LogP contribution < -0.4 is 0 Å². The van der Waals surface area contributed by atoms with Crippen LogP contribution in [-0.2, 0) is 11.2 Å². The molecule has 1 unspecified atom stereocenters. The van der Waals surface area contributed by atoms with Crippen molar-refractivity contribution >= 4 is 5.97 Å². The molecule has 20 heavy (non-hydrogen) atoms. The van der Waals surface area contributed by atoms with Crippen molar-refractivity contribution in [2.75, 3.05) is 0 Å². The SMILES string of the molecule is Cc1cc(F)ccc1-c1noc(CC(C)CC(=O)O)n1. The number of halogens is 1. The van der Waals surface area contributed by atoms with E-state index in [2.05, 4.69) is 10.1 Å². The van der Waals surface area contributed by atoms with Gasteiger partial charge in [0.2, 0.25) is 11.7 Å². The fourth-order valence-corrected chi connectivity index (χ4v) is 1.99. The Morgan fingerprint density at radius 2 is 2.25 bits per heavy atom. The van der Waals surface area contributed by atoms with E-state index in [0.29, 0.717) is 23.7 Å². The summed E-state index contributed by atoms with van der Waals surface area (Å²) in [7, 11) is 0. The number of hydrogen-bond donors (Lipinski definition) is 1. The first-order valence-electron chi connectivity index (χ1n) is 6.26. The van der Waals surface area contributed by atoms with E-state index in [4.69, 9.17) is 9.63 Å². The summed E-state index contributed by atoms with van der Waals surface area (Å²) < 4.78 is 18.2. The minimum absolute atomic E-state index is 0.0489. The highest BCUT2D eigenvalue weighted by Crippen LogP contribution is 2.22. The van der Waals surface area contributed by atoms with E-state index < -0.39 is 5.97 Å². The number of carboxylic acid groups (broad SMARTS) is 1. The van der Waals surface area contributed by atoms with Gasteiger partial charge in [0.05, 0.1) is 0 Å². The van der Waals surface area contributed by atoms with Crippen LogP contribution in [-0.4, -0.2) is 21.2 Å². The molecule has 0 fully saturated rings. The van der Waals surface area contributed by atoms with Crippen molar-refractivity contribution in [2.24, 2.45) is 5.92 Å². The molecule has 0 spiro atoms. The zero-order valence-corrected chi connectivity index (χ0v) is 11.3. The van der Waals surface area contributed by atoms with Gasteiger partial charge in [-0.3, -0.25) is 4.79 Å². The van der Waals surface area contributed by atoms with E-state index in [9.17, 15) is 9.18 Å². The third kappa shape index (κ3) is 3.40. The fourth-order valence-electron chi connectivity index (χ4n) is 1.99. The Labute approximate surface area is 115 Å². The summed E-state index contributed by atoms with van der Waals surface area (Å²) in [6, 6.07) is 4.34. The molecule has 0 aliphatic carbocycles. The zero-order chi connectivity index (χ0) is 14.7. The van der Waals surface area contributed by atoms with Gasteiger partial charge in [-0.2, -0.15) is 4.98 Å². The molecule has 1 aromatic carbocycles. The predicted molar refractivity (Wildman–Crippen MR) is 69.5 cm³/mol. The Kier molecular flexibility index (Phi) is 4.12. The van der Waals surface area contributed by atoms with E-state index >= 15 is 0 Å².